The number of hydrogen-bond acceptors (Lipinski definition) is 6. The molecule has 1 fully saturated rings. The van der Waals surface area contributed by atoms with Crippen molar-refractivity contribution in [2.75, 3.05) is 26.2 Å². The van der Waals surface area contributed by atoms with Gasteiger partial charge in [-0.15, -0.1) is 0 Å². The minimum Gasteiger partial charge on any atom is -0.338 e. The van der Waals surface area contributed by atoms with Gasteiger partial charge in [-0.3, -0.25) is 21.0 Å². The number of piperazine rings is 1. The van der Waals surface area contributed by atoms with E-state index in [4.69, 9.17) is 22.9 Å². The number of nitrogens with one attached hydrogen (secondary N) is 1. The Morgan fingerprint density at radius 3 is 2.61 bits per heavy atom. The van der Waals surface area contributed by atoms with Crippen LogP contribution in [0, 0.1) is 5.41 Å². The minimum atomic E-state index is 0.0243. The maximum Gasteiger partial charge on any atom is 0.242 e. The van der Waals surface area contributed by atoms with E-state index < -0.39 is 0 Å². The second kappa shape index (κ2) is 9.57. The zero-order valence-corrected chi connectivity index (χ0v) is 18.4. The van der Waals surface area contributed by atoms with Crippen LogP contribution in [0.4, 0.5) is 0 Å². The van der Waals surface area contributed by atoms with Crippen LogP contribution in [-0.4, -0.2) is 51.5 Å². The Balaban J connectivity index is 0.000000192. The molecule has 3 heterocycles. The number of thiazole rings is 1. The largest absolute Gasteiger partial charge is 0.338 e. The topological polar surface area (TPSA) is 91.2 Å². The van der Waals surface area contributed by atoms with Gasteiger partial charge in [0.25, 0.3) is 0 Å². The zero-order chi connectivity index (χ0) is 21.8. The minimum absolute atomic E-state index is 0.0243. The van der Waals surface area contributed by atoms with Crippen molar-refractivity contribution in [3.05, 3.63) is 70.6 Å². The number of para-hydroxylation sites is 1. The number of nitrogens with two attached hydrogens (primary N) is 1. The summed E-state index contributed by atoms with van der Waals surface area (Å²) in [5.41, 5.74) is 1.94. The smallest absolute Gasteiger partial charge is 0.242 e. The molecule has 3 N–H and O–H groups in total. The maximum atomic E-state index is 12.4. The van der Waals surface area contributed by atoms with Gasteiger partial charge in [0.05, 0.1) is 15.7 Å². The summed E-state index contributed by atoms with van der Waals surface area (Å²) in [6.07, 6.45) is 1.81. The first-order valence-electron chi connectivity index (χ1n) is 9.92. The number of fused-ring (bicyclic) bond motifs is 2. The summed E-state index contributed by atoms with van der Waals surface area (Å²) >= 11 is 7.29. The van der Waals surface area contributed by atoms with E-state index in [9.17, 15) is 4.79 Å². The predicted octanol–water partition coefficient (Wildman–Crippen LogP) is 3.09. The molecule has 4 aromatic rings. The molecule has 7 nitrogen and oxygen atoms in total. The highest BCUT2D eigenvalue weighted by molar-refractivity contribution is 7.16. The highest BCUT2D eigenvalue weighted by Crippen LogP contribution is 2.21. The van der Waals surface area contributed by atoms with E-state index in [0.717, 1.165) is 15.7 Å². The molecule has 160 valence electrons. The number of hydrogen-bond donors (Lipinski definition) is 2. The SMILES string of the molecule is N=c1sc2cc(Cl)ccc2n1CC(=O)N1CCN(N)CC1.c1ccc2ncccc2c1. The van der Waals surface area contributed by atoms with E-state index >= 15 is 0 Å². The van der Waals surface area contributed by atoms with Crippen molar-refractivity contribution in [1.29, 1.82) is 5.41 Å². The third kappa shape index (κ3) is 5.11. The lowest BCUT2D eigenvalue weighted by Gasteiger charge is -2.32. The quantitative estimate of drug-likeness (QED) is 0.455. The van der Waals surface area contributed by atoms with Crippen molar-refractivity contribution in [1.82, 2.24) is 19.5 Å². The third-order valence-corrected chi connectivity index (χ3v) is 6.33. The monoisotopic (exact) mass is 454 g/mol. The molecule has 31 heavy (non-hydrogen) atoms. The fourth-order valence-corrected chi connectivity index (χ4v) is 4.63. The second-order valence-corrected chi connectivity index (χ2v) is 8.69. The van der Waals surface area contributed by atoms with Crippen LogP contribution in [0.5, 0.6) is 0 Å². The van der Waals surface area contributed by atoms with Crippen molar-refractivity contribution in [3.63, 3.8) is 0 Å². The summed E-state index contributed by atoms with van der Waals surface area (Å²) in [5, 5.41) is 11.6. The Morgan fingerprint density at radius 1 is 1.10 bits per heavy atom. The number of amides is 1. The molecular weight excluding hydrogens is 432 g/mol. The van der Waals surface area contributed by atoms with Crippen molar-refractivity contribution < 1.29 is 4.79 Å². The Kier molecular flexibility index (Phi) is 6.62. The van der Waals surface area contributed by atoms with Gasteiger partial charge in [-0.2, -0.15) is 0 Å². The van der Waals surface area contributed by atoms with Crippen LogP contribution < -0.4 is 10.6 Å². The van der Waals surface area contributed by atoms with Crippen LogP contribution in [-0.2, 0) is 11.3 Å². The Hall–Kier alpha value is -2.78. The lowest BCUT2D eigenvalue weighted by molar-refractivity contribution is -0.133. The number of halogens is 1. The standard InChI is InChI=1S/C13H16ClN5OS.C9H7N/c14-9-1-2-10-11(7-9)21-13(15)19(10)8-12(20)17-3-5-18(16)6-4-17;1-2-6-9-8(4-1)5-3-7-10-9/h1-2,7,15H,3-6,8,16H2;1-7H. The number of rotatable bonds is 2. The second-order valence-electron chi connectivity index (χ2n) is 7.22. The molecule has 0 aliphatic carbocycles. The summed E-state index contributed by atoms with van der Waals surface area (Å²) in [4.78, 5) is 18.7. The molecule has 9 heteroatoms. The Morgan fingerprint density at radius 2 is 1.84 bits per heavy atom. The average molecular weight is 455 g/mol. The third-order valence-electron chi connectivity index (χ3n) is 5.14. The molecular formula is C22H23ClN6OS. The lowest BCUT2D eigenvalue weighted by Crippen LogP contribution is -2.52. The van der Waals surface area contributed by atoms with Gasteiger partial charge in [-0.1, -0.05) is 47.2 Å². The number of carbonyl (C=O) groups is 1. The van der Waals surface area contributed by atoms with E-state index in [1.165, 1.54) is 16.7 Å². The van der Waals surface area contributed by atoms with Crippen molar-refractivity contribution in [2.45, 2.75) is 6.54 Å². The molecule has 2 aromatic heterocycles. The van der Waals surface area contributed by atoms with Gasteiger partial charge in [-0.25, -0.2) is 5.01 Å². The molecule has 0 saturated carbocycles. The number of hydrazine groups is 1. The number of aromatic nitrogens is 2. The van der Waals surface area contributed by atoms with Gasteiger partial charge >= 0.3 is 0 Å². The Bertz CT molecular complexity index is 1200. The van der Waals surface area contributed by atoms with E-state index in [0.29, 0.717) is 36.0 Å². The van der Waals surface area contributed by atoms with Crippen LogP contribution in [0.2, 0.25) is 5.02 Å². The van der Waals surface area contributed by atoms with Crippen molar-refractivity contribution in [2.24, 2.45) is 5.84 Å². The summed E-state index contributed by atoms with van der Waals surface area (Å²) in [6.45, 7) is 2.83. The maximum absolute atomic E-state index is 12.4. The highest BCUT2D eigenvalue weighted by atomic mass is 35.5. The average Bonchev–Trinajstić information content (AvgIpc) is 3.08. The van der Waals surface area contributed by atoms with E-state index in [1.807, 2.05) is 42.6 Å². The number of carbonyl (C=O) groups excluding carboxylic acids is 1. The van der Waals surface area contributed by atoms with Crippen LogP contribution >= 0.6 is 22.9 Å². The van der Waals surface area contributed by atoms with Gasteiger partial charge in [0.15, 0.2) is 4.80 Å². The zero-order valence-electron chi connectivity index (χ0n) is 16.9. The van der Waals surface area contributed by atoms with Crippen LogP contribution in [0.25, 0.3) is 21.1 Å². The molecule has 1 saturated heterocycles. The van der Waals surface area contributed by atoms with Gasteiger partial charge in [0, 0.05) is 42.8 Å². The molecule has 1 aliphatic rings. The fourth-order valence-electron chi connectivity index (χ4n) is 3.44. The summed E-state index contributed by atoms with van der Waals surface area (Å²) < 4.78 is 2.65. The molecule has 1 aliphatic heterocycles. The van der Waals surface area contributed by atoms with Crippen LogP contribution in [0.15, 0.2) is 60.8 Å². The van der Waals surface area contributed by atoms with Crippen LogP contribution in [0.1, 0.15) is 0 Å². The van der Waals surface area contributed by atoms with Crippen molar-refractivity contribution in [3.8, 4) is 0 Å². The first-order valence-corrected chi connectivity index (χ1v) is 11.1. The van der Waals surface area contributed by atoms with Crippen LogP contribution in [0.3, 0.4) is 0 Å². The van der Waals surface area contributed by atoms with E-state index in [1.54, 1.807) is 20.5 Å². The van der Waals surface area contributed by atoms with Gasteiger partial charge in [0.1, 0.15) is 6.54 Å². The highest BCUT2D eigenvalue weighted by Gasteiger charge is 2.20. The molecule has 5 rings (SSSR count). The number of pyridine rings is 1. The van der Waals surface area contributed by atoms with Gasteiger partial charge < -0.3 is 9.47 Å². The molecule has 0 bridgehead atoms. The predicted molar refractivity (Wildman–Crippen MR) is 125 cm³/mol. The molecule has 0 unspecified atom stereocenters. The number of nitrogens with zero attached hydrogens (tertiary/aromatic N) is 4. The van der Waals surface area contributed by atoms with Crippen molar-refractivity contribution >= 4 is 50.0 Å². The Labute approximate surface area is 188 Å². The normalized spacial score (nSPS) is 14.5. The summed E-state index contributed by atoms with van der Waals surface area (Å²) in [5.74, 6) is 5.72. The molecule has 2 aromatic carbocycles. The lowest BCUT2D eigenvalue weighted by atomic mass is 10.2. The molecule has 0 spiro atoms. The summed E-state index contributed by atoms with van der Waals surface area (Å²) in [7, 11) is 0. The first-order chi connectivity index (χ1) is 15.0. The molecule has 1 amide bonds. The first kappa shape index (κ1) is 21.5. The molecule has 0 atom stereocenters. The van der Waals surface area contributed by atoms with E-state index in [2.05, 4.69) is 17.1 Å². The summed E-state index contributed by atoms with van der Waals surface area (Å²) in [6, 6.07) is 17.6. The van der Waals surface area contributed by atoms with E-state index in [-0.39, 0.29) is 12.5 Å². The van der Waals surface area contributed by atoms with Gasteiger partial charge in [0.2, 0.25) is 5.91 Å². The van der Waals surface area contributed by atoms with Gasteiger partial charge in [-0.05, 0) is 30.3 Å². The molecule has 0 radical (unpaired) electrons. The number of benzene rings is 2. The fraction of sp³-hybridized carbons (Fsp3) is 0.227.